The molecule has 1 unspecified atom stereocenters. The fourth-order valence-electron chi connectivity index (χ4n) is 2.67. The van der Waals surface area contributed by atoms with E-state index in [1.54, 1.807) is 0 Å². The quantitative estimate of drug-likeness (QED) is 0.747. The van der Waals surface area contributed by atoms with Crippen molar-refractivity contribution in [2.45, 2.75) is 52.5 Å². The van der Waals surface area contributed by atoms with Crippen LogP contribution in [0.15, 0.2) is 0 Å². The number of hydrogen-bond donors (Lipinski definition) is 2. The molecule has 0 bridgehead atoms. The zero-order chi connectivity index (χ0) is 14.3. The smallest absolute Gasteiger partial charge is 0.236 e. The number of hydrogen-bond acceptors (Lipinski definition) is 3. The molecule has 3 N–H and O–H groups in total. The lowest BCUT2D eigenvalue weighted by atomic mass is 10.0. The van der Waals surface area contributed by atoms with Gasteiger partial charge in [0.25, 0.3) is 0 Å². The number of piperidine rings is 1. The molecule has 4 nitrogen and oxygen atoms in total. The van der Waals surface area contributed by atoms with E-state index in [-0.39, 0.29) is 36.8 Å². The number of likely N-dealkylation sites (tertiary alicyclic amines) is 1. The van der Waals surface area contributed by atoms with E-state index in [0.717, 1.165) is 19.5 Å². The minimum Gasteiger partial charge on any atom is -0.354 e. The van der Waals surface area contributed by atoms with Crippen LogP contribution >= 0.6 is 24.8 Å². The number of carbonyl (C=O) groups is 1. The van der Waals surface area contributed by atoms with Gasteiger partial charge in [-0.1, -0.05) is 27.2 Å². The fraction of sp³-hybridized carbons (Fsp3) is 0.933. The van der Waals surface area contributed by atoms with E-state index in [4.69, 9.17) is 5.73 Å². The van der Waals surface area contributed by atoms with Crippen molar-refractivity contribution >= 4 is 30.7 Å². The van der Waals surface area contributed by atoms with Gasteiger partial charge >= 0.3 is 0 Å². The summed E-state index contributed by atoms with van der Waals surface area (Å²) in [7, 11) is 0. The van der Waals surface area contributed by atoms with Gasteiger partial charge in [-0.05, 0) is 44.2 Å². The maximum Gasteiger partial charge on any atom is 0.236 e. The Bertz CT molecular complexity index is 272. The van der Waals surface area contributed by atoms with Crippen LogP contribution in [0.5, 0.6) is 0 Å². The molecule has 0 spiro atoms. The molecule has 0 aromatic heterocycles. The molecule has 128 valence electrons. The molecule has 0 saturated carbocycles. The van der Waals surface area contributed by atoms with Crippen LogP contribution in [0.4, 0.5) is 0 Å². The van der Waals surface area contributed by atoms with Gasteiger partial charge in [0.15, 0.2) is 0 Å². The Balaban J connectivity index is 0. The van der Waals surface area contributed by atoms with Crippen LogP contribution in [0, 0.1) is 11.8 Å². The highest BCUT2D eigenvalue weighted by molar-refractivity contribution is 5.85. The molecule has 1 heterocycles. The number of amides is 1. The van der Waals surface area contributed by atoms with Crippen LogP contribution < -0.4 is 11.1 Å². The minimum absolute atomic E-state index is 0. The second kappa shape index (κ2) is 12.5. The molecule has 0 aromatic carbocycles. The third-order valence-electron chi connectivity index (χ3n) is 3.71. The fourth-order valence-corrected chi connectivity index (χ4v) is 2.67. The first-order chi connectivity index (χ1) is 8.99. The van der Waals surface area contributed by atoms with Crippen molar-refractivity contribution in [3.63, 3.8) is 0 Å². The molecule has 1 aliphatic rings. The molecule has 0 aliphatic carbocycles. The van der Waals surface area contributed by atoms with E-state index in [1.165, 1.54) is 32.4 Å². The van der Waals surface area contributed by atoms with E-state index >= 15 is 0 Å². The predicted octanol–water partition coefficient (Wildman–Crippen LogP) is 2.44. The molecule has 1 amide bonds. The second-order valence-electron chi connectivity index (χ2n) is 6.45. The number of carbonyl (C=O) groups excluding carboxylic acids is 1. The maximum absolute atomic E-state index is 11.8. The van der Waals surface area contributed by atoms with Crippen LogP contribution in [-0.2, 0) is 4.79 Å². The summed E-state index contributed by atoms with van der Waals surface area (Å²) in [6.07, 6.45) is 4.76. The molecule has 0 aromatic rings. The van der Waals surface area contributed by atoms with Gasteiger partial charge in [0.1, 0.15) is 0 Å². The summed E-state index contributed by atoms with van der Waals surface area (Å²) in [5.41, 5.74) is 5.87. The molecule has 6 heteroatoms. The van der Waals surface area contributed by atoms with E-state index in [9.17, 15) is 4.79 Å². The molecule has 0 radical (unpaired) electrons. The van der Waals surface area contributed by atoms with Crippen molar-refractivity contribution < 1.29 is 4.79 Å². The van der Waals surface area contributed by atoms with Crippen LogP contribution in [-0.4, -0.2) is 43.0 Å². The lowest BCUT2D eigenvalue weighted by Gasteiger charge is -2.29. The Labute approximate surface area is 142 Å². The third kappa shape index (κ3) is 10.3. The van der Waals surface area contributed by atoms with Crippen molar-refractivity contribution in [1.82, 2.24) is 10.2 Å². The summed E-state index contributed by atoms with van der Waals surface area (Å²) in [6.45, 7) is 10.6. The van der Waals surface area contributed by atoms with Gasteiger partial charge in [0, 0.05) is 13.1 Å². The Hall–Kier alpha value is -0.0300. The summed E-state index contributed by atoms with van der Waals surface area (Å²) < 4.78 is 0. The zero-order valence-electron chi connectivity index (χ0n) is 13.6. The summed E-state index contributed by atoms with van der Waals surface area (Å²) in [6, 6.07) is -0.359. The highest BCUT2D eigenvalue weighted by atomic mass is 35.5. The van der Waals surface area contributed by atoms with E-state index in [1.807, 2.05) is 0 Å². The SMILES string of the molecule is CC(C)C[C@H](N)C(=O)NCC(C)CN1CCCCC1.Cl.Cl. The Kier molecular flexibility index (Phi) is 13.8. The van der Waals surface area contributed by atoms with E-state index in [2.05, 4.69) is 31.0 Å². The average molecular weight is 342 g/mol. The number of rotatable bonds is 7. The highest BCUT2D eigenvalue weighted by Crippen LogP contribution is 2.10. The van der Waals surface area contributed by atoms with Gasteiger partial charge in [-0.3, -0.25) is 4.79 Å². The molecule has 1 rings (SSSR count). The second-order valence-corrected chi connectivity index (χ2v) is 6.45. The maximum atomic E-state index is 11.8. The van der Waals surface area contributed by atoms with Crippen LogP contribution in [0.2, 0.25) is 0 Å². The molecular weight excluding hydrogens is 309 g/mol. The largest absolute Gasteiger partial charge is 0.354 e. The Morgan fingerprint density at radius 1 is 1.14 bits per heavy atom. The van der Waals surface area contributed by atoms with Gasteiger partial charge in [0.2, 0.25) is 5.91 Å². The Morgan fingerprint density at radius 2 is 1.71 bits per heavy atom. The lowest BCUT2D eigenvalue weighted by molar-refractivity contribution is -0.122. The van der Waals surface area contributed by atoms with Crippen molar-refractivity contribution in [3.8, 4) is 0 Å². The zero-order valence-corrected chi connectivity index (χ0v) is 15.3. The molecular formula is C15H33Cl2N3O. The van der Waals surface area contributed by atoms with Crippen LogP contribution in [0.1, 0.15) is 46.5 Å². The van der Waals surface area contributed by atoms with Crippen molar-refractivity contribution in [2.24, 2.45) is 17.6 Å². The summed E-state index contributed by atoms with van der Waals surface area (Å²) in [5.74, 6) is 0.957. The first-order valence-corrected chi connectivity index (χ1v) is 7.74. The third-order valence-corrected chi connectivity index (χ3v) is 3.71. The van der Waals surface area contributed by atoms with E-state index < -0.39 is 0 Å². The van der Waals surface area contributed by atoms with Gasteiger partial charge in [-0.2, -0.15) is 0 Å². The Morgan fingerprint density at radius 3 is 2.24 bits per heavy atom. The highest BCUT2D eigenvalue weighted by Gasteiger charge is 2.17. The standard InChI is InChI=1S/C15H31N3O.2ClH/c1-12(2)9-14(16)15(19)17-10-13(3)11-18-7-5-4-6-8-18;;/h12-14H,4-11,16H2,1-3H3,(H,17,19);2*1H/t13?,14-;;/m0../s1. The van der Waals surface area contributed by atoms with Gasteiger partial charge in [-0.25, -0.2) is 0 Å². The minimum atomic E-state index is -0.359. The average Bonchev–Trinajstić information content (AvgIpc) is 2.36. The van der Waals surface area contributed by atoms with Gasteiger partial charge < -0.3 is 16.0 Å². The molecule has 21 heavy (non-hydrogen) atoms. The first kappa shape index (κ1) is 23.2. The monoisotopic (exact) mass is 341 g/mol. The number of nitrogens with one attached hydrogen (secondary N) is 1. The van der Waals surface area contributed by atoms with Crippen molar-refractivity contribution in [1.29, 1.82) is 0 Å². The summed E-state index contributed by atoms with van der Waals surface area (Å²) in [4.78, 5) is 14.3. The van der Waals surface area contributed by atoms with Crippen LogP contribution in [0.25, 0.3) is 0 Å². The normalized spacial score (nSPS) is 18.3. The summed E-state index contributed by atoms with van der Waals surface area (Å²) in [5, 5.41) is 2.99. The summed E-state index contributed by atoms with van der Waals surface area (Å²) >= 11 is 0. The topological polar surface area (TPSA) is 58.4 Å². The molecule has 1 saturated heterocycles. The molecule has 2 atom stereocenters. The van der Waals surface area contributed by atoms with E-state index in [0.29, 0.717) is 11.8 Å². The number of nitrogens with two attached hydrogens (primary N) is 1. The molecule has 1 fully saturated rings. The van der Waals surface area contributed by atoms with Crippen molar-refractivity contribution in [3.05, 3.63) is 0 Å². The number of halogens is 2. The number of nitrogens with zero attached hydrogens (tertiary/aromatic N) is 1. The van der Waals surface area contributed by atoms with Gasteiger partial charge in [0.05, 0.1) is 6.04 Å². The van der Waals surface area contributed by atoms with Crippen LogP contribution in [0.3, 0.4) is 0 Å². The van der Waals surface area contributed by atoms with Crippen molar-refractivity contribution in [2.75, 3.05) is 26.2 Å². The predicted molar refractivity (Wildman–Crippen MR) is 94.4 cm³/mol. The first-order valence-electron chi connectivity index (χ1n) is 7.74. The molecule has 1 aliphatic heterocycles. The lowest BCUT2D eigenvalue weighted by Crippen LogP contribution is -2.44. The van der Waals surface area contributed by atoms with Gasteiger partial charge in [-0.15, -0.1) is 24.8 Å².